The molecule has 8 nitrogen and oxygen atoms in total. The quantitative estimate of drug-likeness (QED) is 0.499. The molecule has 1 aromatic carbocycles. The number of nitrogens with zero attached hydrogens (tertiary/aromatic N) is 4. The van der Waals surface area contributed by atoms with Crippen LogP contribution in [0.3, 0.4) is 0 Å². The van der Waals surface area contributed by atoms with E-state index in [1.54, 1.807) is 19.2 Å². The lowest BCUT2D eigenvalue weighted by Crippen LogP contribution is -2.00. The van der Waals surface area contributed by atoms with Crippen molar-refractivity contribution < 1.29 is 4.92 Å². The zero-order chi connectivity index (χ0) is 16.1. The van der Waals surface area contributed by atoms with Crippen molar-refractivity contribution in [1.82, 2.24) is 9.97 Å². The smallest absolute Gasteiger partial charge is 0.292 e. The summed E-state index contributed by atoms with van der Waals surface area (Å²) in [7, 11) is 1.63. The Morgan fingerprint density at radius 3 is 2.50 bits per heavy atom. The van der Waals surface area contributed by atoms with Crippen LogP contribution in [-0.2, 0) is 0 Å². The fourth-order valence-electron chi connectivity index (χ4n) is 1.93. The zero-order valence-electron chi connectivity index (χ0n) is 12.5. The molecule has 0 aliphatic carbocycles. The van der Waals surface area contributed by atoms with Crippen LogP contribution < -0.4 is 10.7 Å². The van der Waals surface area contributed by atoms with Crippen LogP contribution in [0.5, 0.6) is 0 Å². The fraction of sp³-hybridized carbons (Fsp3) is 0.214. The first-order valence-corrected chi connectivity index (χ1v) is 6.57. The number of nitro groups is 1. The molecule has 2 aromatic rings. The molecule has 2 N–H and O–H groups in total. The maximum absolute atomic E-state index is 11.0. The molecule has 8 heteroatoms. The highest BCUT2D eigenvalue weighted by molar-refractivity contribution is 5.83. The van der Waals surface area contributed by atoms with E-state index in [9.17, 15) is 10.1 Å². The first-order chi connectivity index (χ1) is 10.5. The molecule has 0 amide bonds. The third kappa shape index (κ3) is 3.75. The summed E-state index contributed by atoms with van der Waals surface area (Å²) in [4.78, 5) is 18.9. The van der Waals surface area contributed by atoms with Crippen molar-refractivity contribution in [3.8, 4) is 0 Å². The minimum Gasteiger partial charge on any atom is -0.383 e. The van der Waals surface area contributed by atoms with Crippen LogP contribution in [-0.4, -0.2) is 28.2 Å². The molecule has 0 spiro atoms. The van der Waals surface area contributed by atoms with E-state index in [0.29, 0.717) is 17.2 Å². The van der Waals surface area contributed by atoms with Gasteiger partial charge in [0.2, 0.25) is 5.95 Å². The maximum Gasteiger partial charge on any atom is 0.292 e. The van der Waals surface area contributed by atoms with E-state index in [1.165, 1.54) is 12.3 Å². The second-order valence-electron chi connectivity index (χ2n) is 4.63. The number of nitrogens with one attached hydrogen (secondary N) is 2. The SMILES string of the molecule is CNc1ccc(/C=N/Nc2nc(C)cc(C)n2)cc1[N+](=O)[O-]. The van der Waals surface area contributed by atoms with Crippen molar-refractivity contribution in [3.05, 3.63) is 51.3 Å². The molecule has 0 saturated heterocycles. The number of aromatic nitrogens is 2. The molecule has 1 heterocycles. The molecule has 0 unspecified atom stereocenters. The third-order valence-electron chi connectivity index (χ3n) is 2.85. The monoisotopic (exact) mass is 300 g/mol. The van der Waals surface area contributed by atoms with Crippen LogP contribution in [0.1, 0.15) is 17.0 Å². The first-order valence-electron chi connectivity index (χ1n) is 6.57. The lowest BCUT2D eigenvalue weighted by Gasteiger charge is -2.03. The molecule has 0 fully saturated rings. The lowest BCUT2D eigenvalue weighted by molar-refractivity contribution is -0.383. The van der Waals surface area contributed by atoms with Crippen molar-refractivity contribution in [3.63, 3.8) is 0 Å². The molecule has 0 bridgehead atoms. The average Bonchev–Trinajstić information content (AvgIpc) is 2.46. The van der Waals surface area contributed by atoms with Crippen molar-refractivity contribution >= 4 is 23.5 Å². The van der Waals surface area contributed by atoms with E-state index in [4.69, 9.17) is 0 Å². The first kappa shape index (κ1) is 15.4. The van der Waals surface area contributed by atoms with E-state index in [-0.39, 0.29) is 5.69 Å². The Morgan fingerprint density at radius 2 is 1.91 bits per heavy atom. The van der Waals surface area contributed by atoms with Gasteiger partial charge < -0.3 is 5.32 Å². The van der Waals surface area contributed by atoms with Crippen molar-refractivity contribution in [1.29, 1.82) is 0 Å². The topological polar surface area (TPSA) is 105 Å². The average molecular weight is 300 g/mol. The van der Waals surface area contributed by atoms with Crippen LogP contribution in [0.2, 0.25) is 0 Å². The minimum absolute atomic E-state index is 0.00546. The van der Waals surface area contributed by atoms with Gasteiger partial charge in [0.25, 0.3) is 5.69 Å². The molecular formula is C14H16N6O2. The van der Waals surface area contributed by atoms with Gasteiger partial charge in [-0.2, -0.15) is 5.10 Å². The summed E-state index contributed by atoms with van der Waals surface area (Å²) in [6.07, 6.45) is 1.48. The number of hydrogen-bond donors (Lipinski definition) is 2. The van der Waals surface area contributed by atoms with Gasteiger partial charge in [0.05, 0.1) is 11.1 Å². The summed E-state index contributed by atoms with van der Waals surface area (Å²) in [6.45, 7) is 3.73. The molecule has 22 heavy (non-hydrogen) atoms. The van der Waals surface area contributed by atoms with Crippen molar-refractivity contribution in [2.24, 2.45) is 5.10 Å². The molecule has 1 aromatic heterocycles. The van der Waals surface area contributed by atoms with Crippen LogP contribution in [0.15, 0.2) is 29.4 Å². The van der Waals surface area contributed by atoms with E-state index < -0.39 is 4.92 Å². The van der Waals surface area contributed by atoms with Gasteiger partial charge >= 0.3 is 0 Å². The highest BCUT2D eigenvalue weighted by Crippen LogP contribution is 2.24. The second kappa shape index (κ2) is 6.61. The molecular weight excluding hydrogens is 284 g/mol. The van der Waals surface area contributed by atoms with Crippen molar-refractivity contribution in [2.75, 3.05) is 17.8 Å². The van der Waals surface area contributed by atoms with E-state index in [0.717, 1.165) is 11.4 Å². The number of hydrogen-bond acceptors (Lipinski definition) is 7. The molecule has 0 saturated carbocycles. The molecule has 0 aliphatic heterocycles. The Kier molecular flexibility index (Phi) is 4.62. The molecule has 0 aliphatic rings. The van der Waals surface area contributed by atoms with Crippen molar-refractivity contribution in [2.45, 2.75) is 13.8 Å². The minimum atomic E-state index is -0.441. The normalized spacial score (nSPS) is 10.7. The van der Waals surface area contributed by atoms with Crippen LogP contribution in [0.25, 0.3) is 0 Å². The van der Waals surface area contributed by atoms with Crippen LogP contribution in [0, 0.1) is 24.0 Å². The van der Waals surface area contributed by atoms with Gasteiger partial charge in [-0.05, 0) is 26.0 Å². The Bertz CT molecular complexity index is 709. The highest BCUT2D eigenvalue weighted by atomic mass is 16.6. The number of anilines is 2. The summed E-state index contributed by atoms with van der Waals surface area (Å²) < 4.78 is 0. The maximum atomic E-state index is 11.0. The molecule has 0 radical (unpaired) electrons. The van der Waals surface area contributed by atoms with Gasteiger partial charge in [0.15, 0.2) is 0 Å². The van der Waals surface area contributed by atoms with Crippen LogP contribution in [0.4, 0.5) is 17.3 Å². The van der Waals surface area contributed by atoms with Gasteiger partial charge in [0, 0.05) is 30.1 Å². The van der Waals surface area contributed by atoms with E-state index in [1.807, 2.05) is 19.9 Å². The Morgan fingerprint density at radius 1 is 1.23 bits per heavy atom. The second-order valence-corrected chi connectivity index (χ2v) is 4.63. The van der Waals surface area contributed by atoms with Gasteiger partial charge in [-0.3, -0.25) is 10.1 Å². The summed E-state index contributed by atoms with van der Waals surface area (Å²) in [6, 6.07) is 6.66. The fourth-order valence-corrected chi connectivity index (χ4v) is 1.93. The summed E-state index contributed by atoms with van der Waals surface area (Å²) in [5, 5.41) is 17.8. The molecule has 114 valence electrons. The Hall–Kier alpha value is -3.03. The predicted octanol–water partition coefficient (Wildman–Crippen LogP) is 2.49. The summed E-state index contributed by atoms with van der Waals surface area (Å²) >= 11 is 0. The number of rotatable bonds is 5. The Balaban J connectivity index is 2.16. The lowest BCUT2D eigenvalue weighted by atomic mass is 10.2. The van der Waals surface area contributed by atoms with Crippen LogP contribution >= 0.6 is 0 Å². The number of benzene rings is 1. The van der Waals surface area contributed by atoms with E-state index in [2.05, 4.69) is 25.8 Å². The standard InChI is InChI=1S/C14H16N6O2/c1-9-6-10(2)18-14(17-9)19-16-8-11-4-5-12(15-3)13(7-11)20(21)22/h4-8,15H,1-3H3,(H,17,18,19)/b16-8+. The van der Waals surface area contributed by atoms with Gasteiger partial charge in [-0.25, -0.2) is 15.4 Å². The van der Waals surface area contributed by atoms with Gasteiger partial charge in [-0.1, -0.05) is 6.07 Å². The third-order valence-corrected chi connectivity index (χ3v) is 2.85. The number of aryl methyl sites for hydroxylation is 2. The summed E-state index contributed by atoms with van der Waals surface area (Å²) in [5.74, 6) is 0.384. The number of nitro benzene ring substituents is 1. The molecule has 2 rings (SSSR count). The molecule has 0 atom stereocenters. The van der Waals surface area contributed by atoms with Gasteiger partial charge in [0.1, 0.15) is 5.69 Å². The van der Waals surface area contributed by atoms with E-state index >= 15 is 0 Å². The summed E-state index contributed by atoms with van der Waals surface area (Å²) in [5.41, 5.74) is 5.42. The zero-order valence-corrected chi connectivity index (χ0v) is 12.5. The Labute approximate surface area is 127 Å². The predicted molar refractivity (Wildman–Crippen MR) is 85.4 cm³/mol. The van der Waals surface area contributed by atoms with Gasteiger partial charge in [-0.15, -0.1) is 0 Å². The highest BCUT2D eigenvalue weighted by Gasteiger charge is 2.12. The number of hydrazone groups is 1. The largest absolute Gasteiger partial charge is 0.383 e.